The molecule has 0 saturated carbocycles. The van der Waals surface area contributed by atoms with Gasteiger partial charge < -0.3 is 10.0 Å². The smallest absolute Gasteiger partial charge is 0.306 e. The van der Waals surface area contributed by atoms with Gasteiger partial charge in [0.2, 0.25) is 5.91 Å². The van der Waals surface area contributed by atoms with Crippen LogP contribution in [0.1, 0.15) is 47.0 Å². The summed E-state index contributed by atoms with van der Waals surface area (Å²) < 4.78 is 0. The van der Waals surface area contributed by atoms with Crippen LogP contribution < -0.4 is 0 Å². The lowest BCUT2D eigenvalue weighted by molar-refractivity contribution is -0.149. The Hall–Kier alpha value is -1.06. The van der Waals surface area contributed by atoms with Crippen molar-refractivity contribution in [1.29, 1.82) is 0 Å². The minimum absolute atomic E-state index is 0.167. The zero-order valence-electron chi connectivity index (χ0n) is 11.9. The number of carbonyl (C=O) groups is 2. The number of piperidine rings is 1. The first kappa shape index (κ1) is 15.0. The number of rotatable bonds is 4. The maximum Gasteiger partial charge on any atom is 0.306 e. The van der Waals surface area contributed by atoms with E-state index in [0.717, 1.165) is 6.42 Å². The van der Waals surface area contributed by atoms with Crippen molar-refractivity contribution in [2.75, 3.05) is 13.1 Å². The molecule has 0 radical (unpaired) electrons. The summed E-state index contributed by atoms with van der Waals surface area (Å²) in [6.07, 6.45) is 2.03. The lowest BCUT2D eigenvalue weighted by Gasteiger charge is -2.36. The number of carbonyl (C=O) groups excluding carboxylic acids is 1. The van der Waals surface area contributed by atoms with E-state index in [-0.39, 0.29) is 17.2 Å². The van der Waals surface area contributed by atoms with E-state index in [2.05, 4.69) is 13.8 Å². The van der Waals surface area contributed by atoms with E-state index in [0.29, 0.717) is 31.8 Å². The van der Waals surface area contributed by atoms with Crippen LogP contribution in [-0.4, -0.2) is 35.0 Å². The molecule has 1 amide bonds. The molecule has 0 spiro atoms. The van der Waals surface area contributed by atoms with Crippen LogP contribution in [0.3, 0.4) is 0 Å². The van der Waals surface area contributed by atoms with E-state index in [1.54, 1.807) is 0 Å². The number of aliphatic carboxylic acids is 1. The van der Waals surface area contributed by atoms with E-state index >= 15 is 0 Å². The van der Waals surface area contributed by atoms with Gasteiger partial charge in [-0.1, -0.05) is 27.7 Å². The highest BCUT2D eigenvalue weighted by Crippen LogP contribution is 2.29. The third kappa shape index (κ3) is 3.72. The topological polar surface area (TPSA) is 57.6 Å². The summed E-state index contributed by atoms with van der Waals surface area (Å²) in [5.41, 5.74) is -0.343. The van der Waals surface area contributed by atoms with Gasteiger partial charge in [0.15, 0.2) is 0 Å². The van der Waals surface area contributed by atoms with Crippen molar-refractivity contribution < 1.29 is 14.7 Å². The van der Waals surface area contributed by atoms with E-state index in [1.165, 1.54) is 0 Å². The van der Waals surface area contributed by atoms with E-state index < -0.39 is 5.97 Å². The standard InChI is InChI=1S/C14H25NO3/c1-10(2)9-14(3,4)13(18)15-7-5-11(6-8-15)12(16)17/h10-11H,5-9H2,1-4H3,(H,16,17). The van der Waals surface area contributed by atoms with Crippen molar-refractivity contribution in [2.24, 2.45) is 17.3 Å². The maximum atomic E-state index is 12.4. The van der Waals surface area contributed by atoms with Gasteiger partial charge in [-0.3, -0.25) is 9.59 Å². The van der Waals surface area contributed by atoms with E-state index in [9.17, 15) is 9.59 Å². The molecule has 1 rings (SSSR count). The molecule has 0 aromatic carbocycles. The van der Waals surface area contributed by atoms with Crippen molar-refractivity contribution in [3.05, 3.63) is 0 Å². The van der Waals surface area contributed by atoms with Crippen LogP contribution in [-0.2, 0) is 9.59 Å². The van der Waals surface area contributed by atoms with Crippen LogP contribution in [0.2, 0.25) is 0 Å². The normalized spacial score (nSPS) is 18.2. The molecule has 4 heteroatoms. The number of nitrogens with zero attached hydrogens (tertiary/aromatic N) is 1. The van der Waals surface area contributed by atoms with Gasteiger partial charge in [-0.05, 0) is 25.2 Å². The highest BCUT2D eigenvalue weighted by atomic mass is 16.4. The molecular weight excluding hydrogens is 230 g/mol. The molecule has 1 N–H and O–H groups in total. The number of hydrogen-bond donors (Lipinski definition) is 1. The number of likely N-dealkylation sites (tertiary alicyclic amines) is 1. The molecule has 1 aliphatic heterocycles. The van der Waals surface area contributed by atoms with E-state index in [4.69, 9.17) is 5.11 Å². The summed E-state index contributed by atoms with van der Waals surface area (Å²) in [6.45, 7) is 9.36. The second kappa shape index (κ2) is 5.72. The Morgan fingerprint density at radius 3 is 2.17 bits per heavy atom. The first-order valence-corrected chi connectivity index (χ1v) is 6.76. The molecule has 0 atom stereocenters. The molecule has 18 heavy (non-hydrogen) atoms. The Balaban J connectivity index is 2.57. The molecule has 104 valence electrons. The summed E-state index contributed by atoms with van der Waals surface area (Å²) in [7, 11) is 0. The van der Waals surface area contributed by atoms with Crippen molar-refractivity contribution in [3.63, 3.8) is 0 Å². The summed E-state index contributed by atoms with van der Waals surface area (Å²) in [4.78, 5) is 25.1. The monoisotopic (exact) mass is 255 g/mol. The Morgan fingerprint density at radius 1 is 1.28 bits per heavy atom. The number of amides is 1. The molecule has 0 unspecified atom stereocenters. The van der Waals surface area contributed by atoms with E-state index in [1.807, 2.05) is 18.7 Å². The molecule has 1 heterocycles. The Bertz CT molecular complexity index is 315. The van der Waals surface area contributed by atoms with Crippen molar-refractivity contribution in [1.82, 2.24) is 4.90 Å². The molecule has 1 fully saturated rings. The van der Waals surface area contributed by atoms with Crippen LogP contribution in [0.4, 0.5) is 0 Å². The highest BCUT2D eigenvalue weighted by molar-refractivity contribution is 5.82. The quantitative estimate of drug-likeness (QED) is 0.839. The zero-order chi connectivity index (χ0) is 13.9. The second-order valence-electron chi connectivity index (χ2n) is 6.39. The van der Waals surface area contributed by atoms with Crippen molar-refractivity contribution >= 4 is 11.9 Å². The molecule has 4 nitrogen and oxygen atoms in total. The molecular formula is C14H25NO3. The minimum atomic E-state index is -0.733. The maximum absolute atomic E-state index is 12.4. The molecule has 1 saturated heterocycles. The van der Waals surface area contributed by atoms with Gasteiger partial charge in [-0.25, -0.2) is 0 Å². The average molecular weight is 255 g/mol. The average Bonchev–Trinajstić information content (AvgIpc) is 2.26. The third-order valence-corrected chi connectivity index (χ3v) is 3.63. The zero-order valence-corrected chi connectivity index (χ0v) is 11.9. The minimum Gasteiger partial charge on any atom is -0.481 e. The first-order chi connectivity index (χ1) is 8.24. The second-order valence-corrected chi connectivity index (χ2v) is 6.39. The van der Waals surface area contributed by atoms with Gasteiger partial charge in [0, 0.05) is 18.5 Å². The van der Waals surface area contributed by atoms with Crippen LogP contribution in [0.25, 0.3) is 0 Å². The lowest BCUT2D eigenvalue weighted by atomic mass is 9.82. The fourth-order valence-corrected chi connectivity index (χ4v) is 2.87. The lowest BCUT2D eigenvalue weighted by Crippen LogP contribution is -2.46. The number of carboxylic acid groups (broad SMARTS) is 1. The fraction of sp³-hybridized carbons (Fsp3) is 0.857. The summed E-state index contributed by atoms with van der Waals surface area (Å²) >= 11 is 0. The van der Waals surface area contributed by atoms with Gasteiger partial charge in [0.25, 0.3) is 0 Å². The van der Waals surface area contributed by atoms with Gasteiger partial charge in [-0.2, -0.15) is 0 Å². The third-order valence-electron chi connectivity index (χ3n) is 3.63. The number of carboxylic acids is 1. The van der Waals surface area contributed by atoms with Crippen LogP contribution in [0.15, 0.2) is 0 Å². The largest absolute Gasteiger partial charge is 0.481 e. The van der Waals surface area contributed by atoms with Gasteiger partial charge >= 0.3 is 5.97 Å². The van der Waals surface area contributed by atoms with Crippen molar-refractivity contribution in [2.45, 2.75) is 47.0 Å². The molecule has 0 bridgehead atoms. The molecule has 0 aliphatic carbocycles. The van der Waals surface area contributed by atoms with Gasteiger partial charge in [0.05, 0.1) is 5.92 Å². The number of hydrogen-bond acceptors (Lipinski definition) is 2. The molecule has 1 aliphatic rings. The van der Waals surface area contributed by atoms with Gasteiger partial charge in [-0.15, -0.1) is 0 Å². The SMILES string of the molecule is CC(C)CC(C)(C)C(=O)N1CCC(C(=O)O)CC1. The highest BCUT2D eigenvalue weighted by Gasteiger charge is 2.35. The Labute approximate surface area is 109 Å². The summed E-state index contributed by atoms with van der Waals surface area (Å²) in [6, 6.07) is 0. The summed E-state index contributed by atoms with van der Waals surface area (Å²) in [5.74, 6) is -0.355. The van der Waals surface area contributed by atoms with Crippen LogP contribution >= 0.6 is 0 Å². The Morgan fingerprint density at radius 2 is 1.78 bits per heavy atom. The predicted octanol–water partition coefficient (Wildman–Crippen LogP) is 2.38. The molecule has 0 aromatic rings. The molecule has 0 aromatic heterocycles. The Kier molecular flexibility index (Phi) is 4.77. The first-order valence-electron chi connectivity index (χ1n) is 6.76. The van der Waals surface area contributed by atoms with Crippen molar-refractivity contribution in [3.8, 4) is 0 Å². The summed E-state index contributed by atoms with van der Waals surface area (Å²) in [5, 5.41) is 8.94. The van der Waals surface area contributed by atoms with Crippen LogP contribution in [0, 0.1) is 17.3 Å². The predicted molar refractivity (Wildman–Crippen MR) is 70.2 cm³/mol. The van der Waals surface area contributed by atoms with Gasteiger partial charge in [0.1, 0.15) is 0 Å². The van der Waals surface area contributed by atoms with Crippen LogP contribution in [0.5, 0.6) is 0 Å². The fourth-order valence-electron chi connectivity index (χ4n) is 2.87.